The standard InChI is InChI=1S/C7H7N5O3/c1-3-6(15)12-7(10-9-3)8-4(13)2-5(14)11-12/h2H2,1H3,(H,11,14)(H,8,10,13). The first kappa shape index (κ1) is 9.31. The van der Waals surface area contributed by atoms with Gasteiger partial charge in [-0.05, 0) is 6.92 Å². The Balaban J connectivity index is 2.61. The minimum Gasteiger partial charge on any atom is -0.293 e. The van der Waals surface area contributed by atoms with Crippen LogP contribution in [0.3, 0.4) is 0 Å². The third-order valence-electron chi connectivity index (χ3n) is 1.83. The van der Waals surface area contributed by atoms with Gasteiger partial charge in [-0.2, -0.15) is 4.68 Å². The summed E-state index contributed by atoms with van der Waals surface area (Å²) in [5, 5.41) is 9.42. The Kier molecular flexibility index (Phi) is 1.96. The second-order valence-electron chi connectivity index (χ2n) is 3.01. The monoisotopic (exact) mass is 209 g/mol. The van der Waals surface area contributed by atoms with Crippen LogP contribution in [-0.2, 0) is 9.59 Å². The summed E-state index contributed by atoms with van der Waals surface area (Å²) in [5.74, 6) is -1.18. The van der Waals surface area contributed by atoms with Gasteiger partial charge in [0.15, 0.2) is 0 Å². The van der Waals surface area contributed by atoms with Gasteiger partial charge in [0.05, 0.1) is 0 Å². The van der Waals surface area contributed by atoms with E-state index in [4.69, 9.17) is 0 Å². The molecule has 2 N–H and O–H groups in total. The second-order valence-corrected chi connectivity index (χ2v) is 3.01. The van der Waals surface area contributed by atoms with Gasteiger partial charge in [-0.3, -0.25) is 25.1 Å². The first-order valence-electron chi connectivity index (χ1n) is 4.14. The van der Waals surface area contributed by atoms with Crippen molar-refractivity contribution in [2.24, 2.45) is 0 Å². The molecule has 2 amide bonds. The van der Waals surface area contributed by atoms with Gasteiger partial charge in [0.1, 0.15) is 12.1 Å². The number of carbonyl (C=O) groups excluding carboxylic acids is 2. The molecule has 1 aromatic heterocycles. The fraction of sp³-hybridized carbons (Fsp3) is 0.286. The lowest BCUT2D eigenvalue weighted by Gasteiger charge is -2.07. The van der Waals surface area contributed by atoms with E-state index in [0.29, 0.717) is 0 Å². The van der Waals surface area contributed by atoms with E-state index in [2.05, 4.69) is 20.9 Å². The van der Waals surface area contributed by atoms with Crippen molar-refractivity contribution < 1.29 is 9.59 Å². The summed E-state index contributed by atoms with van der Waals surface area (Å²) in [6, 6.07) is 0. The summed E-state index contributed by atoms with van der Waals surface area (Å²) in [5.41, 5.74) is 1.86. The molecular weight excluding hydrogens is 202 g/mol. The van der Waals surface area contributed by atoms with Crippen molar-refractivity contribution in [3.05, 3.63) is 16.0 Å². The van der Waals surface area contributed by atoms with Gasteiger partial charge in [-0.15, -0.1) is 10.2 Å². The Morgan fingerprint density at radius 1 is 1.20 bits per heavy atom. The van der Waals surface area contributed by atoms with Crippen LogP contribution in [0.1, 0.15) is 12.1 Å². The average Bonchev–Trinajstić information content (AvgIpc) is 2.30. The fourth-order valence-corrected chi connectivity index (χ4v) is 1.13. The minimum atomic E-state index is -0.569. The number of anilines is 1. The Morgan fingerprint density at radius 2 is 1.93 bits per heavy atom. The van der Waals surface area contributed by atoms with E-state index in [1.807, 2.05) is 0 Å². The quantitative estimate of drug-likeness (QED) is 0.498. The van der Waals surface area contributed by atoms with Crippen molar-refractivity contribution in [1.29, 1.82) is 0 Å². The Morgan fingerprint density at radius 3 is 2.67 bits per heavy atom. The molecule has 1 aliphatic heterocycles. The van der Waals surface area contributed by atoms with E-state index in [9.17, 15) is 14.4 Å². The molecule has 1 aromatic rings. The van der Waals surface area contributed by atoms with Gasteiger partial charge < -0.3 is 0 Å². The number of aromatic nitrogens is 3. The lowest BCUT2D eigenvalue weighted by atomic mass is 10.4. The van der Waals surface area contributed by atoms with E-state index < -0.39 is 17.4 Å². The highest BCUT2D eigenvalue weighted by Gasteiger charge is 2.20. The smallest absolute Gasteiger partial charge is 0.293 e. The van der Waals surface area contributed by atoms with Crippen molar-refractivity contribution in [3.8, 4) is 0 Å². The summed E-state index contributed by atoms with van der Waals surface area (Å²) >= 11 is 0. The largest absolute Gasteiger partial charge is 0.295 e. The Hall–Kier alpha value is -2.25. The van der Waals surface area contributed by atoms with Crippen LogP contribution < -0.4 is 16.3 Å². The van der Waals surface area contributed by atoms with Crippen LogP contribution in [0.4, 0.5) is 5.95 Å². The van der Waals surface area contributed by atoms with Crippen molar-refractivity contribution in [1.82, 2.24) is 14.9 Å². The SMILES string of the molecule is Cc1nnc2n(c1=O)NC(=O)CC(=O)N2. The summed E-state index contributed by atoms with van der Waals surface area (Å²) in [4.78, 5) is 33.8. The van der Waals surface area contributed by atoms with Crippen LogP contribution >= 0.6 is 0 Å². The van der Waals surface area contributed by atoms with Crippen LogP contribution in [0.25, 0.3) is 0 Å². The average molecular weight is 209 g/mol. The normalized spacial score (nSPS) is 15.0. The number of amides is 2. The molecule has 2 rings (SSSR count). The van der Waals surface area contributed by atoms with E-state index in [1.165, 1.54) is 6.92 Å². The van der Waals surface area contributed by atoms with Crippen molar-refractivity contribution >= 4 is 17.8 Å². The molecule has 0 spiro atoms. The molecular formula is C7H7N5O3. The zero-order valence-corrected chi connectivity index (χ0v) is 7.77. The molecule has 0 aromatic carbocycles. The lowest BCUT2D eigenvalue weighted by Crippen LogP contribution is -2.35. The molecule has 8 nitrogen and oxygen atoms in total. The maximum atomic E-state index is 11.5. The number of fused-ring (bicyclic) bond motifs is 1. The van der Waals surface area contributed by atoms with E-state index in [1.54, 1.807) is 0 Å². The lowest BCUT2D eigenvalue weighted by molar-refractivity contribution is -0.123. The number of carbonyl (C=O) groups is 2. The van der Waals surface area contributed by atoms with Gasteiger partial charge in [0, 0.05) is 0 Å². The predicted molar refractivity (Wildman–Crippen MR) is 48.6 cm³/mol. The second kappa shape index (κ2) is 3.15. The minimum absolute atomic E-state index is 0.0820. The summed E-state index contributed by atoms with van der Waals surface area (Å²) in [6.07, 6.45) is -0.345. The first-order valence-corrected chi connectivity index (χ1v) is 4.14. The van der Waals surface area contributed by atoms with E-state index in [0.717, 1.165) is 4.68 Å². The van der Waals surface area contributed by atoms with Crippen LogP contribution in [0.15, 0.2) is 4.79 Å². The highest BCUT2D eigenvalue weighted by atomic mass is 16.2. The van der Waals surface area contributed by atoms with Crippen LogP contribution in [-0.4, -0.2) is 26.7 Å². The van der Waals surface area contributed by atoms with E-state index >= 15 is 0 Å². The molecule has 0 fully saturated rings. The van der Waals surface area contributed by atoms with Crippen molar-refractivity contribution in [3.63, 3.8) is 0 Å². The third-order valence-corrected chi connectivity index (χ3v) is 1.83. The Labute approximate surface area is 83.3 Å². The van der Waals surface area contributed by atoms with Crippen LogP contribution in [0.2, 0.25) is 0 Å². The molecule has 8 heteroatoms. The maximum absolute atomic E-state index is 11.5. The molecule has 0 unspecified atom stereocenters. The molecule has 2 heterocycles. The number of rotatable bonds is 0. The van der Waals surface area contributed by atoms with E-state index in [-0.39, 0.29) is 18.1 Å². The van der Waals surface area contributed by atoms with Gasteiger partial charge >= 0.3 is 0 Å². The molecule has 0 atom stereocenters. The molecule has 0 radical (unpaired) electrons. The zero-order valence-electron chi connectivity index (χ0n) is 7.77. The van der Waals surface area contributed by atoms with Gasteiger partial charge in [-0.25, -0.2) is 0 Å². The third kappa shape index (κ3) is 1.56. The Bertz CT molecular complexity index is 506. The highest BCUT2D eigenvalue weighted by Crippen LogP contribution is 2.02. The van der Waals surface area contributed by atoms with Crippen LogP contribution in [0, 0.1) is 6.92 Å². The topological polar surface area (TPSA) is 106 Å². The number of hydrogen-bond acceptors (Lipinski definition) is 5. The van der Waals surface area contributed by atoms with Gasteiger partial charge in [0.25, 0.3) is 11.5 Å². The molecule has 15 heavy (non-hydrogen) atoms. The fourth-order valence-electron chi connectivity index (χ4n) is 1.13. The number of nitrogens with zero attached hydrogens (tertiary/aromatic N) is 3. The molecule has 0 saturated carbocycles. The number of hydrogen-bond donors (Lipinski definition) is 2. The zero-order chi connectivity index (χ0) is 11.0. The van der Waals surface area contributed by atoms with Gasteiger partial charge in [0.2, 0.25) is 11.8 Å². The van der Waals surface area contributed by atoms with Gasteiger partial charge in [-0.1, -0.05) is 0 Å². The van der Waals surface area contributed by atoms with Crippen molar-refractivity contribution in [2.75, 3.05) is 10.7 Å². The van der Waals surface area contributed by atoms with Crippen molar-refractivity contribution in [2.45, 2.75) is 13.3 Å². The molecule has 1 aliphatic rings. The molecule has 0 bridgehead atoms. The predicted octanol–water partition coefficient (Wildman–Crippen LogP) is -1.64. The summed E-state index contributed by atoms with van der Waals surface area (Å²) in [7, 11) is 0. The first-order chi connectivity index (χ1) is 7.08. The maximum Gasteiger partial charge on any atom is 0.295 e. The summed E-state index contributed by atoms with van der Waals surface area (Å²) in [6.45, 7) is 1.46. The highest BCUT2D eigenvalue weighted by molar-refractivity contribution is 6.06. The van der Waals surface area contributed by atoms with Crippen LogP contribution in [0.5, 0.6) is 0 Å². The molecule has 78 valence electrons. The number of aryl methyl sites for hydroxylation is 1. The molecule has 0 saturated heterocycles. The summed E-state index contributed by atoms with van der Waals surface area (Å²) < 4.78 is 0.871. The number of nitrogens with one attached hydrogen (secondary N) is 2. The molecule has 0 aliphatic carbocycles.